The largest absolute Gasteiger partial charge is 0.443 e. The second-order valence-electron chi connectivity index (χ2n) is 6.12. The Kier molecular flexibility index (Phi) is 5.22. The Hall–Kier alpha value is -2.56. The van der Waals surface area contributed by atoms with Gasteiger partial charge in [0.1, 0.15) is 23.0 Å². The SMILES string of the molecule is Cc1oc(-n2cccc2)c(C#N)c1C(=O)NC[C@H](C)N1CCOCC1. The summed E-state index contributed by atoms with van der Waals surface area (Å²) in [6.45, 7) is 7.45. The van der Waals surface area contributed by atoms with Gasteiger partial charge >= 0.3 is 0 Å². The molecule has 3 rings (SSSR count). The van der Waals surface area contributed by atoms with Crippen molar-refractivity contribution in [2.24, 2.45) is 0 Å². The number of nitrogens with zero attached hydrogens (tertiary/aromatic N) is 3. The number of aryl methyl sites for hydroxylation is 1. The lowest BCUT2D eigenvalue weighted by Gasteiger charge is -2.32. The van der Waals surface area contributed by atoms with E-state index in [1.54, 1.807) is 23.9 Å². The van der Waals surface area contributed by atoms with Crippen LogP contribution in [0.25, 0.3) is 5.88 Å². The van der Waals surface area contributed by atoms with E-state index < -0.39 is 0 Å². The zero-order chi connectivity index (χ0) is 17.8. The number of ether oxygens (including phenoxy) is 1. The van der Waals surface area contributed by atoms with Crippen molar-refractivity contribution in [2.75, 3.05) is 32.8 Å². The fourth-order valence-corrected chi connectivity index (χ4v) is 3.04. The molecule has 0 bridgehead atoms. The average Bonchev–Trinajstić information content (AvgIpc) is 3.27. The molecule has 1 fully saturated rings. The highest BCUT2D eigenvalue weighted by Gasteiger charge is 2.25. The Balaban J connectivity index is 1.73. The number of rotatable bonds is 5. The first-order valence-corrected chi connectivity index (χ1v) is 8.38. The number of amides is 1. The number of nitriles is 1. The number of carbonyl (C=O) groups is 1. The number of nitrogens with one attached hydrogen (secondary N) is 1. The van der Waals surface area contributed by atoms with Crippen LogP contribution in [0, 0.1) is 18.3 Å². The molecule has 1 N–H and O–H groups in total. The van der Waals surface area contributed by atoms with Crippen LogP contribution in [0.1, 0.15) is 28.6 Å². The molecule has 3 heterocycles. The lowest BCUT2D eigenvalue weighted by Crippen LogP contribution is -2.47. The summed E-state index contributed by atoms with van der Waals surface area (Å²) in [6, 6.07) is 5.98. The third-order valence-corrected chi connectivity index (χ3v) is 4.47. The van der Waals surface area contributed by atoms with Crippen molar-refractivity contribution in [3.05, 3.63) is 41.4 Å². The molecule has 7 heteroatoms. The van der Waals surface area contributed by atoms with Gasteiger partial charge in [0.05, 0.1) is 13.2 Å². The highest BCUT2D eigenvalue weighted by atomic mass is 16.5. The van der Waals surface area contributed by atoms with E-state index in [4.69, 9.17) is 9.15 Å². The minimum Gasteiger partial charge on any atom is -0.443 e. The average molecular weight is 342 g/mol. The van der Waals surface area contributed by atoms with Crippen LogP contribution in [0.3, 0.4) is 0 Å². The summed E-state index contributed by atoms with van der Waals surface area (Å²) >= 11 is 0. The molecule has 0 unspecified atom stereocenters. The van der Waals surface area contributed by atoms with E-state index >= 15 is 0 Å². The monoisotopic (exact) mass is 342 g/mol. The van der Waals surface area contributed by atoms with E-state index in [9.17, 15) is 10.1 Å². The van der Waals surface area contributed by atoms with Gasteiger partial charge in [-0.3, -0.25) is 14.3 Å². The lowest BCUT2D eigenvalue weighted by molar-refractivity contribution is 0.0204. The van der Waals surface area contributed by atoms with Crippen molar-refractivity contribution < 1.29 is 13.9 Å². The van der Waals surface area contributed by atoms with Gasteiger partial charge in [-0.2, -0.15) is 5.26 Å². The van der Waals surface area contributed by atoms with Crippen molar-refractivity contribution in [2.45, 2.75) is 19.9 Å². The summed E-state index contributed by atoms with van der Waals surface area (Å²) in [5, 5.41) is 12.4. The van der Waals surface area contributed by atoms with E-state index in [2.05, 4.69) is 23.2 Å². The standard InChI is InChI=1S/C18H22N4O3/c1-13(21-7-9-24-10-8-21)12-20-17(23)16-14(2)25-18(15(16)11-19)22-5-3-4-6-22/h3-6,13H,7-10,12H2,1-2H3,(H,20,23)/t13-/m0/s1. The maximum atomic E-state index is 12.6. The quantitative estimate of drug-likeness (QED) is 0.894. The molecule has 1 aliphatic rings. The van der Waals surface area contributed by atoms with Crippen molar-refractivity contribution in [1.82, 2.24) is 14.8 Å². The van der Waals surface area contributed by atoms with Gasteiger partial charge < -0.3 is 14.5 Å². The van der Waals surface area contributed by atoms with Gasteiger partial charge in [-0.15, -0.1) is 0 Å². The summed E-state index contributed by atoms with van der Waals surface area (Å²) < 4.78 is 12.7. The molecule has 1 saturated heterocycles. The van der Waals surface area contributed by atoms with E-state index in [1.165, 1.54) is 0 Å². The Morgan fingerprint density at radius 2 is 2.04 bits per heavy atom. The predicted octanol–water partition coefficient (Wildman–Crippen LogP) is 1.70. The zero-order valence-electron chi connectivity index (χ0n) is 14.5. The smallest absolute Gasteiger partial charge is 0.256 e. The number of hydrogen-bond donors (Lipinski definition) is 1. The van der Waals surface area contributed by atoms with Crippen LogP contribution >= 0.6 is 0 Å². The lowest BCUT2D eigenvalue weighted by atomic mass is 10.1. The first kappa shape index (κ1) is 17.3. The summed E-state index contributed by atoms with van der Waals surface area (Å²) in [7, 11) is 0. The van der Waals surface area contributed by atoms with Crippen LogP contribution in [0.5, 0.6) is 0 Å². The maximum absolute atomic E-state index is 12.6. The third-order valence-electron chi connectivity index (χ3n) is 4.47. The van der Waals surface area contributed by atoms with E-state index in [-0.39, 0.29) is 17.5 Å². The summed E-state index contributed by atoms with van der Waals surface area (Å²) in [5.74, 6) is 0.532. The van der Waals surface area contributed by atoms with Crippen molar-refractivity contribution in [3.63, 3.8) is 0 Å². The highest BCUT2D eigenvalue weighted by molar-refractivity contribution is 5.98. The summed E-state index contributed by atoms with van der Waals surface area (Å²) in [5.41, 5.74) is 0.561. The molecular weight excluding hydrogens is 320 g/mol. The van der Waals surface area contributed by atoms with Crippen molar-refractivity contribution in [3.8, 4) is 12.0 Å². The molecule has 0 aliphatic carbocycles. The fourth-order valence-electron chi connectivity index (χ4n) is 3.04. The summed E-state index contributed by atoms with van der Waals surface area (Å²) in [4.78, 5) is 14.9. The molecule has 1 amide bonds. The number of carbonyl (C=O) groups excluding carboxylic acids is 1. The Bertz CT molecular complexity index is 767. The molecule has 25 heavy (non-hydrogen) atoms. The molecule has 0 spiro atoms. The van der Waals surface area contributed by atoms with Crippen molar-refractivity contribution in [1.29, 1.82) is 5.26 Å². The second-order valence-corrected chi connectivity index (χ2v) is 6.12. The van der Waals surface area contributed by atoms with Crippen LogP contribution in [-0.4, -0.2) is 54.3 Å². The molecule has 0 saturated carbocycles. The molecule has 1 aliphatic heterocycles. The first-order chi connectivity index (χ1) is 12.1. The maximum Gasteiger partial charge on any atom is 0.256 e. The Labute approximate surface area is 146 Å². The van der Waals surface area contributed by atoms with Crippen LogP contribution in [0.4, 0.5) is 0 Å². The van der Waals surface area contributed by atoms with Gasteiger partial charge in [0.2, 0.25) is 5.88 Å². The number of hydrogen-bond acceptors (Lipinski definition) is 5. The first-order valence-electron chi connectivity index (χ1n) is 8.38. The summed E-state index contributed by atoms with van der Waals surface area (Å²) in [6.07, 6.45) is 3.56. The Morgan fingerprint density at radius 3 is 2.68 bits per heavy atom. The minimum absolute atomic E-state index is 0.203. The number of furan rings is 1. The predicted molar refractivity (Wildman–Crippen MR) is 91.7 cm³/mol. The van der Waals surface area contributed by atoms with Crippen LogP contribution in [0.2, 0.25) is 0 Å². The molecule has 7 nitrogen and oxygen atoms in total. The normalized spacial score (nSPS) is 16.4. The van der Waals surface area contributed by atoms with Gasteiger partial charge in [-0.1, -0.05) is 0 Å². The molecule has 2 aromatic rings. The Morgan fingerprint density at radius 1 is 1.36 bits per heavy atom. The van der Waals surface area contributed by atoms with Crippen LogP contribution in [-0.2, 0) is 4.74 Å². The highest BCUT2D eigenvalue weighted by Crippen LogP contribution is 2.25. The third kappa shape index (κ3) is 3.60. The molecule has 0 radical (unpaired) electrons. The van der Waals surface area contributed by atoms with E-state index in [0.717, 1.165) is 26.3 Å². The van der Waals surface area contributed by atoms with Crippen LogP contribution in [0.15, 0.2) is 28.9 Å². The topological polar surface area (TPSA) is 83.4 Å². The fraction of sp³-hybridized carbons (Fsp3) is 0.444. The minimum atomic E-state index is -0.281. The van der Waals surface area contributed by atoms with Crippen LogP contribution < -0.4 is 5.32 Å². The number of aromatic nitrogens is 1. The van der Waals surface area contributed by atoms with E-state index in [0.29, 0.717) is 23.8 Å². The molecular formula is C18H22N4O3. The molecule has 1 atom stereocenters. The molecule has 132 valence electrons. The van der Waals surface area contributed by atoms with Gasteiger partial charge in [0.25, 0.3) is 5.91 Å². The zero-order valence-corrected chi connectivity index (χ0v) is 14.5. The van der Waals surface area contributed by atoms with Crippen molar-refractivity contribution >= 4 is 5.91 Å². The van der Waals surface area contributed by atoms with E-state index in [1.807, 2.05) is 12.1 Å². The van der Waals surface area contributed by atoms with Gasteiger partial charge in [0.15, 0.2) is 0 Å². The van der Waals surface area contributed by atoms with Gasteiger partial charge in [0, 0.05) is 38.1 Å². The molecule has 2 aromatic heterocycles. The second kappa shape index (κ2) is 7.55. The molecule has 0 aromatic carbocycles. The van der Waals surface area contributed by atoms with Gasteiger partial charge in [-0.05, 0) is 26.0 Å². The van der Waals surface area contributed by atoms with Gasteiger partial charge in [-0.25, -0.2) is 0 Å². The number of morpholine rings is 1.